The van der Waals surface area contributed by atoms with Gasteiger partial charge >= 0.3 is 0 Å². The third kappa shape index (κ3) is 5.04. The van der Waals surface area contributed by atoms with E-state index in [1.165, 1.54) is 16.4 Å². The highest BCUT2D eigenvalue weighted by molar-refractivity contribution is 7.89. The van der Waals surface area contributed by atoms with Crippen LogP contribution in [0, 0.1) is 6.92 Å². The van der Waals surface area contributed by atoms with Crippen molar-refractivity contribution in [1.82, 2.24) is 9.21 Å². The molecule has 0 saturated carbocycles. The van der Waals surface area contributed by atoms with Crippen LogP contribution in [0.15, 0.2) is 47.4 Å². The third-order valence-corrected chi connectivity index (χ3v) is 7.22. The highest BCUT2D eigenvalue weighted by atomic mass is 35.5. The fourth-order valence-electron chi connectivity index (χ4n) is 3.10. The molecule has 0 bridgehead atoms. The van der Waals surface area contributed by atoms with Crippen LogP contribution in [0.2, 0.25) is 10.0 Å². The molecule has 0 aliphatic carbocycles. The molecule has 0 N–H and O–H groups in total. The van der Waals surface area contributed by atoms with Gasteiger partial charge in [-0.15, -0.1) is 0 Å². The Labute approximate surface area is 181 Å². The van der Waals surface area contributed by atoms with Crippen LogP contribution in [0.3, 0.4) is 0 Å². The highest BCUT2D eigenvalue weighted by Crippen LogP contribution is 2.27. The van der Waals surface area contributed by atoms with Gasteiger partial charge in [-0.3, -0.25) is 4.79 Å². The quantitative estimate of drug-likeness (QED) is 0.688. The summed E-state index contributed by atoms with van der Waals surface area (Å²) in [6, 6.07) is 11.4. The number of carbonyl (C=O) groups excluding carboxylic acids is 1. The lowest BCUT2D eigenvalue weighted by atomic mass is 10.2. The van der Waals surface area contributed by atoms with E-state index in [0.29, 0.717) is 28.9 Å². The van der Waals surface area contributed by atoms with Crippen LogP contribution < -0.4 is 4.74 Å². The van der Waals surface area contributed by atoms with Crippen LogP contribution in [0.25, 0.3) is 0 Å². The van der Waals surface area contributed by atoms with Crippen molar-refractivity contribution in [2.75, 3.05) is 26.2 Å². The molecule has 0 radical (unpaired) electrons. The number of nitrogens with zero attached hydrogens (tertiary/aromatic N) is 2. The fourth-order valence-corrected chi connectivity index (χ4v) is 4.81. The lowest BCUT2D eigenvalue weighted by Gasteiger charge is -2.35. The molecule has 9 heteroatoms. The molecule has 1 amide bonds. The Hall–Kier alpha value is -1.80. The minimum absolute atomic E-state index is 0.187. The van der Waals surface area contributed by atoms with Crippen molar-refractivity contribution < 1.29 is 17.9 Å². The van der Waals surface area contributed by atoms with E-state index in [2.05, 4.69) is 0 Å². The number of hydrogen-bond acceptors (Lipinski definition) is 4. The van der Waals surface area contributed by atoms with Crippen molar-refractivity contribution in [3.63, 3.8) is 0 Å². The summed E-state index contributed by atoms with van der Waals surface area (Å²) in [6.45, 7) is 4.60. The normalized spacial score (nSPS) is 16.5. The van der Waals surface area contributed by atoms with Crippen molar-refractivity contribution in [2.45, 2.75) is 24.8 Å². The first-order valence-corrected chi connectivity index (χ1v) is 11.4. The summed E-state index contributed by atoms with van der Waals surface area (Å²) >= 11 is 12.0. The second kappa shape index (κ2) is 8.92. The largest absolute Gasteiger partial charge is 0.479 e. The molecule has 29 heavy (non-hydrogen) atoms. The van der Waals surface area contributed by atoms with Crippen molar-refractivity contribution in [3.8, 4) is 5.75 Å². The van der Waals surface area contributed by atoms with Gasteiger partial charge in [0.25, 0.3) is 5.91 Å². The molecule has 2 aromatic carbocycles. The van der Waals surface area contributed by atoms with Gasteiger partial charge in [-0.2, -0.15) is 4.31 Å². The minimum Gasteiger partial charge on any atom is -0.479 e. The van der Waals surface area contributed by atoms with E-state index in [1.54, 1.807) is 36.1 Å². The second-order valence-electron chi connectivity index (χ2n) is 6.88. The zero-order valence-electron chi connectivity index (χ0n) is 16.1. The van der Waals surface area contributed by atoms with Crippen molar-refractivity contribution >= 4 is 39.1 Å². The van der Waals surface area contributed by atoms with Gasteiger partial charge in [0.05, 0.1) is 9.92 Å². The van der Waals surface area contributed by atoms with Gasteiger partial charge in [0, 0.05) is 31.2 Å². The van der Waals surface area contributed by atoms with E-state index in [-0.39, 0.29) is 23.9 Å². The monoisotopic (exact) mass is 456 g/mol. The number of carbonyl (C=O) groups is 1. The van der Waals surface area contributed by atoms with Crippen LogP contribution in [0.1, 0.15) is 12.5 Å². The van der Waals surface area contributed by atoms with Gasteiger partial charge in [0.2, 0.25) is 10.0 Å². The Bertz CT molecular complexity index is 988. The molecule has 1 aliphatic heterocycles. The maximum absolute atomic E-state index is 12.8. The SMILES string of the molecule is Cc1ccc(Cl)c(OC(C)C(=O)N2CCN(S(=O)(=O)c3ccc(Cl)cc3)CC2)c1. The molecule has 1 atom stereocenters. The van der Waals surface area contributed by atoms with Crippen molar-refractivity contribution in [1.29, 1.82) is 0 Å². The number of aryl methyl sites for hydroxylation is 1. The first-order chi connectivity index (χ1) is 13.7. The molecule has 1 unspecified atom stereocenters. The molecule has 1 fully saturated rings. The predicted molar refractivity (Wildman–Crippen MR) is 113 cm³/mol. The number of sulfonamides is 1. The summed E-state index contributed by atoms with van der Waals surface area (Å²) in [5.74, 6) is 0.252. The van der Waals surface area contributed by atoms with Gasteiger partial charge in [0.15, 0.2) is 6.10 Å². The van der Waals surface area contributed by atoms with Crippen LogP contribution in [-0.4, -0.2) is 55.8 Å². The Morgan fingerprint density at radius 2 is 1.66 bits per heavy atom. The number of amides is 1. The first-order valence-electron chi connectivity index (χ1n) is 9.16. The molecule has 0 aromatic heterocycles. The van der Waals surface area contributed by atoms with Crippen LogP contribution in [-0.2, 0) is 14.8 Å². The Morgan fingerprint density at radius 3 is 2.28 bits per heavy atom. The smallest absolute Gasteiger partial charge is 0.263 e. The summed E-state index contributed by atoms with van der Waals surface area (Å²) in [7, 11) is -3.62. The molecule has 3 rings (SSSR count). The maximum Gasteiger partial charge on any atom is 0.263 e. The van der Waals surface area contributed by atoms with E-state index in [1.807, 2.05) is 13.0 Å². The standard InChI is InChI=1S/C20H22Cl2N2O4S/c1-14-3-8-18(22)19(13-14)28-15(2)20(25)23-9-11-24(12-10-23)29(26,27)17-6-4-16(21)5-7-17/h3-8,13,15H,9-12H2,1-2H3. The maximum atomic E-state index is 12.8. The summed E-state index contributed by atoms with van der Waals surface area (Å²) in [6.07, 6.45) is -0.728. The van der Waals surface area contributed by atoms with E-state index < -0.39 is 16.1 Å². The minimum atomic E-state index is -3.62. The molecular weight excluding hydrogens is 435 g/mol. The summed E-state index contributed by atoms with van der Waals surface area (Å²) in [4.78, 5) is 14.5. The zero-order valence-corrected chi connectivity index (χ0v) is 18.5. The van der Waals surface area contributed by atoms with Crippen molar-refractivity contribution in [2.24, 2.45) is 0 Å². The van der Waals surface area contributed by atoms with Gasteiger partial charge < -0.3 is 9.64 Å². The first kappa shape index (κ1) is 21.9. The van der Waals surface area contributed by atoms with E-state index in [9.17, 15) is 13.2 Å². The van der Waals surface area contributed by atoms with Crippen LogP contribution in [0.4, 0.5) is 0 Å². The average Bonchev–Trinajstić information content (AvgIpc) is 2.70. The lowest BCUT2D eigenvalue weighted by Crippen LogP contribution is -2.53. The molecule has 1 saturated heterocycles. The van der Waals surface area contributed by atoms with E-state index in [4.69, 9.17) is 27.9 Å². The average molecular weight is 457 g/mol. The van der Waals surface area contributed by atoms with Crippen LogP contribution in [0.5, 0.6) is 5.75 Å². The summed E-state index contributed by atoms with van der Waals surface area (Å²) < 4.78 is 32.6. The number of ether oxygens (including phenoxy) is 1. The van der Waals surface area contributed by atoms with Crippen LogP contribution >= 0.6 is 23.2 Å². The molecule has 0 spiro atoms. The van der Waals surface area contributed by atoms with Gasteiger partial charge in [-0.05, 0) is 55.8 Å². The number of benzene rings is 2. The summed E-state index contributed by atoms with van der Waals surface area (Å²) in [5, 5.41) is 0.913. The molecule has 2 aromatic rings. The van der Waals surface area contributed by atoms with E-state index in [0.717, 1.165) is 5.56 Å². The highest BCUT2D eigenvalue weighted by Gasteiger charge is 2.32. The number of piperazine rings is 1. The molecular formula is C20H22Cl2N2O4S. The van der Waals surface area contributed by atoms with Gasteiger partial charge in [0.1, 0.15) is 5.75 Å². The third-order valence-electron chi connectivity index (χ3n) is 4.74. The summed E-state index contributed by atoms with van der Waals surface area (Å²) in [5.41, 5.74) is 0.977. The predicted octanol–water partition coefficient (Wildman–Crippen LogP) is 3.60. The number of hydrogen-bond donors (Lipinski definition) is 0. The van der Waals surface area contributed by atoms with Crippen molar-refractivity contribution in [3.05, 3.63) is 58.1 Å². The Kier molecular flexibility index (Phi) is 6.73. The Morgan fingerprint density at radius 1 is 1.03 bits per heavy atom. The molecule has 156 valence electrons. The van der Waals surface area contributed by atoms with Gasteiger partial charge in [-0.25, -0.2) is 8.42 Å². The Balaban J connectivity index is 1.61. The zero-order chi connectivity index (χ0) is 21.2. The van der Waals surface area contributed by atoms with Gasteiger partial charge in [-0.1, -0.05) is 29.3 Å². The number of halogens is 2. The van der Waals surface area contributed by atoms with E-state index >= 15 is 0 Å². The molecule has 1 aliphatic rings. The fraction of sp³-hybridized carbons (Fsp3) is 0.350. The topological polar surface area (TPSA) is 66.9 Å². The lowest BCUT2D eigenvalue weighted by molar-refractivity contribution is -0.139. The molecule has 1 heterocycles. The molecule has 6 nitrogen and oxygen atoms in total. The second-order valence-corrected chi connectivity index (χ2v) is 9.66. The number of rotatable bonds is 5.